The third kappa shape index (κ3) is 7.19. The van der Waals surface area contributed by atoms with Gasteiger partial charge in [0.15, 0.2) is 0 Å². The Morgan fingerprint density at radius 3 is 2.52 bits per heavy atom. The Morgan fingerprint density at radius 2 is 1.95 bits per heavy atom. The lowest BCUT2D eigenvalue weighted by Gasteiger charge is -2.15. The minimum Gasteiger partial charge on any atom is -0.497 e. The number of ether oxygens (including phenoxy) is 3. The molecule has 0 aliphatic carbocycles. The molecule has 0 aliphatic heterocycles. The van der Waals surface area contributed by atoms with Crippen molar-refractivity contribution in [2.45, 2.75) is 25.6 Å². The molecule has 21 heavy (non-hydrogen) atoms. The zero-order chi connectivity index (χ0) is 15.9. The van der Waals surface area contributed by atoms with Gasteiger partial charge in [0.25, 0.3) is 0 Å². The van der Waals surface area contributed by atoms with E-state index < -0.39 is 12.8 Å². The maximum absolute atomic E-state index is 11.9. The van der Waals surface area contributed by atoms with Gasteiger partial charge in [0, 0.05) is 12.1 Å². The normalized spacial score (nSPS) is 13.0. The second-order valence-electron chi connectivity index (χ2n) is 4.67. The van der Waals surface area contributed by atoms with Gasteiger partial charge in [-0.25, -0.2) is 0 Å². The van der Waals surface area contributed by atoms with Gasteiger partial charge in [-0.2, -0.15) is 13.2 Å². The molecule has 1 aromatic carbocycles. The summed E-state index contributed by atoms with van der Waals surface area (Å²) in [6.45, 7) is 0.463. The van der Waals surface area contributed by atoms with Crippen molar-refractivity contribution in [2.24, 2.45) is 5.73 Å². The maximum atomic E-state index is 11.9. The minimum absolute atomic E-state index is 0.0230. The van der Waals surface area contributed by atoms with E-state index in [0.717, 1.165) is 5.56 Å². The van der Waals surface area contributed by atoms with Gasteiger partial charge in [-0.15, -0.1) is 0 Å². The molecule has 0 bridgehead atoms. The molecule has 4 nitrogen and oxygen atoms in total. The van der Waals surface area contributed by atoms with E-state index in [9.17, 15) is 13.2 Å². The average molecular weight is 307 g/mol. The van der Waals surface area contributed by atoms with Gasteiger partial charge in [-0.05, 0) is 25.0 Å². The highest BCUT2D eigenvalue weighted by Crippen LogP contribution is 2.26. The van der Waals surface area contributed by atoms with Crippen LogP contribution in [0.25, 0.3) is 0 Å². The van der Waals surface area contributed by atoms with Crippen LogP contribution in [0.4, 0.5) is 13.2 Å². The van der Waals surface area contributed by atoms with E-state index in [0.29, 0.717) is 17.9 Å². The first-order valence-electron chi connectivity index (χ1n) is 6.51. The number of hydrogen-bond acceptors (Lipinski definition) is 4. The Hall–Kier alpha value is -1.47. The predicted octanol–water partition coefficient (Wildman–Crippen LogP) is 2.54. The third-order valence-electron chi connectivity index (χ3n) is 2.57. The number of halogens is 3. The summed E-state index contributed by atoms with van der Waals surface area (Å²) in [6.07, 6.45) is -3.72. The molecule has 7 heteroatoms. The SMILES string of the molecule is COc1ccc(CC(C)N)c(OCCOCC(F)(F)F)c1. The van der Waals surface area contributed by atoms with Crippen LogP contribution < -0.4 is 15.2 Å². The number of alkyl halides is 3. The van der Waals surface area contributed by atoms with Crippen molar-refractivity contribution in [3.05, 3.63) is 23.8 Å². The molecule has 1 aromatic rings. The summed E-state index contributed by atoms with van der Waals surface area (Å²) in [4.78, 5) is 0. The lowest BCUT2D eigenvalue weighted by molar-refractivity contribution is -0.175. The molecule has 0 fully saturated rings. The van der Waals surface area contributed by atoms with Crippen LogP contribution >= 0.6 is 0 Å². The van der Waals surface area contributed by atoms with Crippen LogP contribution in [0.3, 0.4) is 0 Å². The van der Waals surface area contributed by atoms with E-state index in [1.807, 2.05) is 13.0 Å². The van der Waals surface area contributed by atoms with Gasteiger partial charge in [-0.1, -0.05) is 6.07 Å². The molecule has 0 spiro atoms. The third-order valence-corrected chi connectivity index (χ3v) is 2.57. The summed E-state index contributed by atoms with van der Waals surface area (Å²) in [5.41, 5.74) is 6.63. The Bertz CT molecular complexity index is 436. The number of nitrogens with two attached hydrogens (primary N) is 1. The second kappa shape index (κ2) is 8.09. The van der Waals surface area contributed by atoms with Crippen LogP contribution in [0, 0.1) is 0 Å². The van der Waals surface area contributed by atoms with Gasteiger partial charge in [-0.3, -0.25) is 0 Å². The maximum Gasteiger partial charge on any atom is 0.411 e. The fourth-order valence-corrected chi connectivity index (χ4v) is 1.71. The first-order chi connectivity index (χ1) is 9.81. The van der Waals surface area contributed by atoms with Crippen molar-refractivity contribution in [3.63, 3.8) is 0 Å². The van der Waals surface area contributed by atoms with Gasteiger partial charge < -0.3 is 19.9 Å². The van der Waals surface area contributed by atoms with Gasteiger partial charge >= 0.3 is 6.18 Å². The van der Waals surface area contributed by atoms with Crippen LogP contribution in [0.5, 0.6) is 11.5 Å². The van der Waals surface area contributed by atoms with Crippen molar-refractivity contribution in [1.82, 2.24) is 0 Å². The fourth-order valence-electron chi connectivity index (χ4n) is 1.71. The molecule has 0 saturated carbocycles. The van der Waals surface area contributed by atoms with E-state index >= 15 is 0 Å². The zero-order valence-corrected chi connectivity index (χ0v) is 12.1. The first-order valence-corrected chi connectivity index (χ1v) is 6.51. The summed E-state index contributed by atoms with van der Waals surface area (Å²) in [5.74, 6) is 1.15. The quantitative estimate of drug-likeness (QED) is 0.750. The summed E-state index contributed by atoms with van der Waals surface area (Å²) < 4.78 is 50.8. The van der Waals surface area contributed by atoms with E-state index in [1.54, 1.807) is 12.1 Å². The highest BCUT2D eigenvalue weighted by molar-refractivity contribution is 5.41. The summed E-state index contributed by atoms with van der Waals surface area (Å²) >= 11 is 0. The highest BCUT2D eigenvalue weighted by atomic mass is 19.4. The predicted molar refractivity (Wildman–Crippen MR) is 72.7 cm³/mol. The number of rotatable bonds is 8. The van der Waals surface area contributed by atoms with E-state index in [1.165, 1.54) is 7.11 Å². The van der Waals surface area contributed by atoms with Crippen molar-refractivity contribution >= 4 is 0 Å². The zero-order valence-electron chi connectivity index (χ0n) is 12.1. The van der Waals surface area contributed by atoms with Gasteiger partial charge in [0.05, 0.1) is 13.7 Å². The van der Waals surface area contributed by atoms with E-state index in [-0.39, 0.29) is 19.3 Å². The number of methoxy groups -OCH3 is 1. The molecule has 1 unspecified atom stereocenters. The Morgan fingerprint density at radius 1 is 1.24 bits per heavy atom. The van der Waals surface area contributed by atoms with Crippen molar-refractivity contribution in [2.75, 3.05) is 26.9 Å². The molecule has 0 amide bonds. The first kappa shape index (κ1) is 17.6. The molecular weight excluding hydrogens is 287 g/mol. The molecule has 0 heterocycles. The summed E-state index contributed by atoms with van der Waals surface area (Å²) in [6, 6.07) is 5.24. The van der Waals surface area contributed by atoms with Crippen LogP contribution in [-0.2, 0) is 11.2 Å². The smallest absolute Gasteiger partial charge is 0.411 e. The molecule has 0 saturated heterocycles. The number of hydrogen-bond donors (Lipinski definition) is 1. The van der Waals surface area contributed by atoms with Crippen molar-refractivity contribution in [1.29, 1.82) is 0 Å². The van der Waals surface area contributed by atoms with E-state index in [2.05, 4.69) is 4.74 Å². The molecule has 0 aliphatic rings. The largest absolute Gasteiger partial charge is 0.497 e. The lowest BCUT2D eigenvalue weighted by Crippen LogP contribution is -2.20. The molecule has 0 aromatic heterocycles. The highest BCUT2D eigenvalue weighted by Gasteiger charge is 2.27. The van der Waals surface area contributed by atoms with E-state index in [4.69, 9.17) is 15.2 Å². The van der Waals surface area contributed by atoms with Crippen molar-refractivity contribution < 1.29 is 27.4 Å². The molecule has 2 N–H and O–H groups in total. The Balaban J connectivity index is 2.55. The van der Waals surface area contributed by atoms with Crippen LogP contribution in [0.2, 0.25) is 0 Å². The van der Waals surface area contributed by atoms with Crippen molar-refractivity contribution in [3.8, 4) is 11.5 Å². The molecule has 1 rings (SSSR count). The molecular formula is C14H20F3NO3. The molecule has 120 valence electrons. The van der Waals surface area contributed by atoms with Crippen LogP contribution in [0.15, 0.2) is 18.2 Å². The monoisotopic (exact) mass is 307 g/mol. The fraction of sp³-hybridized carbons (Fsp3) is 0.571. The standard InChI is InChI=1S/C14H20F3NO3/c1-10(18)7-11-3-4-12(19-2)8-13(11)21-6-5-20-9-14(15,16)17/h3-4,8,10H,5-7,9,18H2,1-2H3. The molecule has 1 atom stereocenters. The molecule has 0 radical (unpaired) electrons. The Labute approximate surface area is 122 Å². The summed E-state index contributed by atoms with van der Waals surface area (Å²) in [5, 5.41) is 0. The summed E-state index contributed by atoms with van der Waals surface area (Å²) in [7, 11) is 1.52. The average Bonchev–Trinajstić information content (AvgIpc) is 2.38. The topological polar surface area (TPSA) is 53.7 Å². The Kier molecular flexibility index (Phi) is 6.77. The lowest BCUT2D eigenvalue weighted by atomic mass is 10.1. The number of benzene rings is 1. The van der Waals surface area contributed by atoms with Crippen LogP contribution in [-0.4, -0.2) is 39.1 Å². The van der Waals surface area contributed by atoms with Gasteiger partial charge in [0.1, 0.15) is 24.7 Å². The minimum atomic E-state index is -4.32. The second-order valence-corrected chi connectivity index (χ2v) is 4.67. The van der Waals surface area contributed by atoms with Crippen LogP contribution in [0.1, 0.15) is 12.5 Å². The van der Waals surface area contributed by atoms with Gasteiger partial charge in [0.2, 0.25) is 0 Å².